The van der Waals surface area contributed by atoms with Gasteiger partial charge in [0.1, 0.15) is 0 Å². The lowest BCUT2D eigenvalue weighted by Gasteiger charge is -2.30. The van der Waals surface area contributed by atoms with E-state index in [0.717, 1.165) is 54.4 Å². The highest BCUT2D eigenvalue weighted by molar-refractivity contribution is 7.09. The molecule has 0 atom stereocenters. The molecule has 0 aliphatic carbocycles. The van der Waals surface area contributed by atoms with Crippen LogP contribution in [0.4, 0.5) is 5.69 Å². The monoisotopic (exact) mass is 398 g/mol. The summed E-state index contributed by atoms with van der Waals surface area (Å²) >= 11 is 1.68. The van der Waals surface area contributed by atoms with E-state index in [1.165, 1.54) is 0 Å². The standard InChI is InChI=1S/C21H26N4O2S/c1-15-23-18(14-28-15)13-24-9-6-16(7-10-24)21(27)22-8-11-25-19-5-3-2-4-17(19)12-20(25)26/h2-5,14,16H,6-13H2,1H3,(H,22,27). The van der Waals surface area contributed by atoms with Gasteiger partial charge in [0, 0.05) is 36.6 Å². The lowest BCUT2D eigenvalue weighted by Crippen LogP contribution is -2.42. The van der Waals surface area contributed by atoms with Crippen molar-refractivity contribution in [1.29, 1.82) is 0 Å². The van der Waals surface area contributed by atoms with Gasteiger partial charge in [-0.2, -0.15) is 0 Å². The van der Waals surface area contributed by atoms with Crippen LogP contribution in [0.2, 0.25) is 0 Å². The Bertz CT molecular complexity index is 858. The minimum Gasteiger partial charge on any atom is -0.354 e. The first-order valence-electron chi connectivity index (χ1n) is 9.89. The van der Waals surface area contributed by atoms with Crippen LogP contribution in [-0.2, 0) is 22.6 Å². The van der Waals surface area contributed by atoms with Gasteiger partial charge in [-0.25, -0.2) is 4.98 Å². The number of thiazole rings is 1. The molecule has 1 fully saturated rings. The van der Waals surface area contributed by atoms with E-state index in [0.29, 0.717) is 19.5 Å². The van der Waals surface area contributed by atoms with E-state index in [1.54, 1.807) is 16.2 Å². The molecule has 3 heterocycles. The number of likely N-dealkylation sites (tertiary alicyclic amines) is 1. The molecule has 0 radical (unpaired) electrons. The first-order valence-corrected chi connectivity index (χ1v) is 10.8. The maximum atomic E-state index is 12.5. The number of anilines is 1. The smallest absolute Gasteiger partial charge is 0.231 e. The van der Waals surface area contributed by atoms with Crippen molar-refractivity contribution in [2.75, 3.05) is 31.1 Å². The molecule has 28 heavy (non-hydrogen) atoms. The summed E-state index contributed by atoms with van der Waals surface area (Å²) in [4.78, 5) is 33.4. The normalized spacial score (nSPS) is 17.8. The van der Waals surface area contributed by atoms with Gasteiger partial charge in [-0.05, 0) is 44.5 Å². The van der Waals surface area contributed by atoms with Crippen molar-refractivity contribution < 1.29 is 9.59 Å². The second kappa shape index (κ2) is 8.41. The highest BCUT2D eigenvalue weighted by Gasteiger charge is 2.28. The van der Waals surface area contributed by atoms with Crippen LogP contribution >= 0.6 is 11.3 Å². The van der Waals surface area contributed by atoms with Crippen molar-refractivity contribution in [2.24, 2.45) is 5.92 Å². The molecule has 0 saturated carbocycles. The summed E-state index contributed by atoms with van der Waals surface area (Å²) in [7, 11) is 0. The van der Waals surface area contributed by atoms with Gasteiger partial charge in [-0.3, -0.25) is 14.5 Å². The van der Waals surface area contributed by atoms with Crippen molar-refractivity contribution in [1.82, 2.24) is 15.2 Å². The average Bonchev–Trinajstić information content (AvgIpc) is 3.25. The summed E-state index contributed by atoms with van der Waals surface area (Å²) in [6, 6.07) is 7.87. The van der Waals surface area contributed by atoms with Crippen LogP contribution < -0.4 is 10.2 Å². The van der Waals surface area contributed by atoms with Gasteiger partial charge in [0.05, 0.1) is 17.1 Å². The van der Waals surface area contributed by atoms with Crippen molar-refractivity contribution in [2.45, 2.75) is 32.7 Å². The Morgan fingerprint density at radius 3 is 2.82 bits per heavy atom. The Balaban J connectivity index is 1.21. The number of nitrogens with zero attached hydrogens (tertiary/aromatic N) is 3. The number of hydrogen-bond donors (Lipinski definition) is 1. The minimum atomic E-state index is 0.0648. The Morgan fingerprint density at radius 1 is 1.29 bits per heavy atom. The lowest BCUT2D eigenvalue weighted by atomic mass is 9.96. The fourth-order valence-electron chi connectivity index (χ4n) is 4.06. The van der Waals surface area contributed by atoms with Gasteiger partial charge in [-0.15, -0.1) is 11.3 Å². The SMILES string of the molecule is Cc1nc(CN2CCC(C(=O)NCCN3C(=O)Cc4ccccc43)CC2)cs1. The Kier molecular flexibility index (Phi) is 5.73. The molecule has 1 aromatic carbocycles. The van der Waals surface area contributed by atoms with Crippen LogP contribution in [0, 0.1) is 12.8 Å². The highest BCUT2D eigenvalue weighted by Crippen LogP contribution is 2.27. The van der Waals surface area contributed by atoms with E-state index >= 15 is 0 Å². The molecular formula is C21H26N4O2S. The number of hydrogen-bond acceptors (Lipinski definition) is 5. The number of aromatic nitrogens is 1. The molecule has 1 aromatic heterocycles. The number of rotatable bonds is 6. The van der Waals surface area contributed by atoms with Gasteiger partial charge in [0.25, 0.3) is 0 Å². The fraction of sp³-hybridized carbons (Fsp3) is 0.476. The summed E-state index contributed by atoms with van der Waals surface area (Å²) in [6.07, 6.45) is 2.21. The third-order valence-electron chi connectivity index (χ3n) is 5.57. The molecule has 7 heteroatoms. The van der Waals surface area contributed by atoms with Gasteiger partial charge in [0.15, 0.2) is 0 Å². The molecule has 1 N–H and O–H groups in total. The van der Waals surface area contributed by atoms with Gasteiger partial charge in [-0.1, -0.05) is 18.2 Å². The van der Waals surface area contributed by atoms with Crippen LogP contribution in [0.5, 0.6) is 0 Å². The van der Waals surface area contributed by atoms with Crippen LogP contribution in [0.1, 0.15) is 29.1 Å². The Hall–Kier alpha value is -2.25. The molecule has 148 valence electrons. The zero-order chi connectivity index (χ0) is 19.5. The first kappa shape index (κ1) is 19.1. The number of aryl methyl sites for hydroxylation is 1. The predicted octanol–water partition coefficient (Wildman–Crippen LogP) is 2.37. The van der Waals surface area contributed by atoms with Crippen molar-refractivity contribution in [3.05, 3.63) is 45.9 Å². The zero-order valence-corrected chi connectivity index (χ0v) is 17.0. The van der Waals surface area contributed by atoms with E-state index in [1.807, 2.05) is 31.2 Å². The van der Waals surface area contributed by atoms with E-state index in [9.17, 15) is 9.59 Å². The van der Waals surface area contributed by atoms with Gasteiger partial charge < -0.3 is 10.2 Å². The van der Waals surface area contributed by atoms with Crippen molar-refractivity contribution >= 4 is 28.8 Å². The molecule has 2 amide bonds. The number of carbonyl (C=O) groups excluding carboxylic acids is 2. The number of amides is 2. The molecule has 0 bridgehead atoms. The number of piperidine rings is 1. The van der Waals surface area contributed by atoms with Crippen molar-refractivity contribution in [3.63, 3.8) is 0 Å². The molecule has 6 nitrogen and oxygen atoms in total. The maximum absolute atomic E-state index is 12.5. The van der Waals surface area contributed by atoms with E-state index in [4.69, 9.17) is 0 Å². The molecule has 0 unspecified atom stereocenters. The van der Waals surface area contributed by atoms with Gasteiger partial charge in [0.2, 0.25) is 11.8 Å². The number of para-hydroxylation sites is 1. The molecule has 2 aromatic rings. The molecule has 2 aliphatic heterocycles. The average molecular weight is 399 g/mol. The molecular weight excluding hydrogens is 372 g/mol. The Morgan fingerprint density at radius 2 is 2.07 bits per heavy atom. The lowest BCUT2D eigenvalue weighted by molar-refractivity contribution is -0.126. The van der Waals surface area contributed by atoms with Crippen LogP contribution in [0.15, 0.2) is 29.6 Å². The maximum Gasteiger partial charge on any atom is 0.231 e. The van der Waals surface area contributed by atoms with Gasteiger partial charge >= 0.3 is 0 Å². The molecule has 1 saturated heterocycles. The van der Waals surface area contributed by atoms with E-state index < -0.39 is 0 Å². The van der Waals surface area contributed by atoms with Crippen LogP contribution in [-0.4, -0.2) is 47.9 Å². The zero-order valence-electron chi connectivity index (χ0n) is 16.2. The van der Waals surface area contributed by atoms with E-state index in [2.05, 4.69) is 20.6 Å². The topological polar surface area (TPSA) is 65.5 Å². The summed E-state index contributed by atoms with van der Waals surface area (Å²) in [5.74, 6) is 0.292. The number of nitrogens with one attached hydrogen (secondary N) is 1. The molecule has 4 rings (SSSR count). The largest absolute Gasteiger partial charge is 0.354 e. The quantitative estimate of drug-likeness (QED) is 0.811. The Labute approximate surface area is 169 Å². The number of benzene rings is 1. The second-order valence-corrected chi connectivity index (χ2v) is 8.61. The molecule has 0 spiro atoms. The second-order valence-electron chi connectivity index (χ2n) is 7.55. The van der Waals surface area contributed by atoms with Crippen molar-refractivity contribution in [3.8, 4) is 0 Å². The summed E-state index contributed by atoms with van der Waals surface area (Å²) < 4.78 is 0. The highest BCUT2D eigenvalue weighted by atomic mass is 32.1. The summed E-state index contributed by atoms with van der Waals surface area (Å²) in [5, 5.41) is 6.25. The van der Waals surface area contributed by atoms with Crippen LogP contribution in [0.3, 0.4) is 0 Å². The summed E-state index contributed by atoms with van der Waals surface area (Å²) in [5.41, 5.74) is 3.18. The first-order chi connectivity index (χ1) is 13.6. The minimum absolute atomic E-state index is 0.0648. The third-order valence-corrected chi connectivity index (χ3v) is 6.39. The van der Waals surface area contributed by atoms with Crippen LogP contribution in [0.25, 0.3) is 0 Å². The summed E-state index contributed by atoms with van der Waals surface area (Å²) in [6.45, 7) is 5.77. The number of fused-ring (bicyclic) bond motifs is 1. The number of carbonyl (C=O) groups is 2. The van der Waals surface area contributed by atoms with E-state index in [-0.39, 0.29) is 17.7 Å². The third kappa shape index (κ3) is 4.25. The fourth-order valence-corrected chi connectivity index (χ4v) is 4.66. The predicted molar refractivity (Wildman–Crippen MR) is 110 cm³/mol. The molecule has 2 aliphatic rings.